The van der Waals surface area contributed by atoms with Gasteiger partial charge in [-0.2, -0.15) is 0 Å². The van der Waals surface area contributed by atoms with E-state index in [0.29, 0.717) is 0 Å². The first-order chi connectivity index (χ1) is 9.83. The van der Waals surface area contributed by atoms with Crippen molar-refractivity contribution in [1.29, 1.82) is 0 Å². The molecule has 6 nitrogen and oxygen atoms in total. The Morgan fingerprint density at radius 2 is 2.24 bits per heavy atom. The third kappa shape index (κ3) is 3.63. The van der Waals surface area contributed by atoms with Crippen molar-refractivity contribution in [2.75, 3.05) is 18.4 Å². The molecule has 0 aromatic heterocycles. The largest absolute Gasteiger partial charge is 0.468 e. The smallest absolute Gasteiger partial charge is 0.322 e. The first-order valence-electron chi connectivity index (χ1n) is 6.11. The van der Waals surface area contributed by atoms with Crippen molar-refractivity contribution in [1.82, 2.24) is 5.32 Å². The van der Waals surface area contributed by atoms with E-state index in [4.69, 9.17) is 11.6 Å². The predicted molar refractivity (Wildman–Crippen MR) is 76.2 cm³/mol. The van der Waals surface area contributed by atoms with Crippen LogP contribution < -0.4 is 10.0 Å². The van der Waals surface area contributed by atoms with Gasteiger partial charge in [0, 0.05) is 11.6 Å². The van der Waals surface area contributed by atoms with Gasteiger partial charge in [-0.15, -0.1) is 0 Å². The van der Waals surface area contributed by atoms with Gasteiger partial charge in [-0.05, 0) is 24.6 Å². The van der Waals surface area contributed by atoms with Crippen LogP contribution in [0.5, 0.6) is 0 Å². The van der Waals surface area contributed by atoms with E-state index in [-0.39, 0.29) is 23.7 Å². The van der Waals surface area contributed by atoms with Gasteiger partial charge >= 0.3 is 5.97 Å². The lowest BCUT2D eigenvalue weighted by Crippen LogP contribution is -2.31. The molecule has 2 rings (SSSR count). The summed E-state index contributed by atoms with van der Waals surface area (Å²) in [5, 5.41) is 2.08. The zero-order valence-corrected chi connectivity index (χ0v) is 12.7. The molecule has 1 aromatic rings. The summed E-state index contributed by atoms with van der Waals surface area (Å²) in [6.45, 7) is 0.0876. The lowest BCUT2D eigenvalue weighted by atomic mass is 10.2. The Morgan fingerprint density at radius 1 is 1.52 bits per heavy atom. The average Bonchev–Trinajstić information content (AvgIpc) is 2.91. The first kappa shape index (κ1) is 16.0. The maximum Gasteiger partial charge on any atom is 0.322 e. The fourth-order valence-electron chi connectivity index (χ4n) is 2.07. The highest BCUT2D eigenvalue weighted by Gasteiger charge is 2.38. The molecule has 1 fully saturated rings. The molecule has 0 amide bonds. The molecule has 0 saturated carbocycles. The van der Waals surface area contributed by atoms with Crippen molar-refractivity contribution in [2.24, 2.45) is 0 Å². The minimum Gasteiger partial charge on any atom is -0.468 e. The fourth-order valence-corrected chi connectivity index (χ4v) is 3.63. The van der Waals surface area contributed by atoms with Crippen LogP contribution in [0.4, 0.5) is 10.1 Å². The molecule has 0 spiro atoms. The average molecular weight is 337 g/mol. The molecule has 21 heavy (non-hydrogen) atoms. The molecule has 9 heteroatoms. The monoisotopic (exact) mass is 336 g/mol. The molecular weight excluding hydrogens is 323 g/mol. The molecule has 0 radical (unpaired) electrons. The number of esters is 1. The van der Waals surface area contributed by atoms with Crippen LogP contribution in [0.1, 0.15) is 6.42 Å². The number of sulfonamides is 1. The van der Waals surface area contributed by atoms with Crippen LogP contribution in [-0.4, -0.2) is 39.3 Å². The van der Waals surface area contributed by atoms with E-state index in [2.05, 4.69) is 14.8 Å². The van der Waals surface area contributed by atoms with E-state index >= 15 is 0 Å². The zero-order chi connectivity index (χ0) is 15.6. The van der Waals surface area contributed by atoms with Crippen LogP contribution in [0.25, 0.3) is 0 Å². The van der Waals surface area contributed by atoms with Gasteiger partial charge in [0.15, 0.2) is 0 Å². The van der Waals surface area contributed by atoms with E-state index in [1.54, 1.807) is 0 Å². The number of rotatable bonds is 4. The van der Waals surface area contributed by atoms with Crippen molar-refractivity contribution in [3.8, 4) is 0 Å². The Kier molecular flexibility index (Phi) is 4.70. The highest BCUT2D eigenvalue weighted by molar-refractivity contribution is 7.93. The number of methoxy groups -OCH3 is 1. The van der Waals surface area contributed by atoms with Crippen LogP contribution in [0.3, 0.4) is 0 Å². The molecule has 0 aliphatic carbocycles. The number of anilines is 1. The van der Waals surface area contributed by atoms with Gasteiger partial charge in [-0.1, -0.05) is 11.6 Å². The number of hydrogen-bond acceptors (Lipinski definition) is 5. The molecule has 1 aliphatic rings. The Bertz CT molecular complexity index is 653. The van der Waals surface area contributed by atoms with Gasteiger partial charge in [0.25, 0.3) is 0 Å². The van der Waals surface area contributed by atoms with Crippen LogP contribution in [0, 0.1) is 5.82 Å². The lowest BCUT2D eigenvalue weighted by Gasteiger charge is -2.13. The van der Waals surface area contributed by atoms with E-state index in [1.165, 1.54) is 19.2 Å². The van der Waals surface area contributed by atoms with E-state index < -0.39 is 33.1 Å². The standard InChI is InChI=1S/C12H14ClFN2O4S/c1-20-12(17)11-5-8(6-15-11)21(18,19)16-10-3-2-7(13)4-9(10)14/h2-4,8,11,15-16H,5-6H2,1H3. The van der Waals surface area contributed by atoms with Gasteiger partial charge in [-0.25, -0.2) is 12.8 Å². The molecular formula is C12H14ClFN2O4S. The maximum absolute atomic E-state index is 13.6. The van der Waals surface area contributed by atoms with Crippen LogP contribution >= 0.6 is 11.6 Å². The summed E-state index contributed by atoms with van der Waals surface area (Å²) >= 11 is 5.61. The lowest BCUT2D eigenvalue weighted by molar-refractivity contribution is -0.142. The quantitative estimate of drug-likeness (QED) is 0.805. The Labute approximate surface area is 126 Å². The zero-order valence-electron chi connectivity index (χ0n) is 11.1. The number of ether oxygens (including phenoxy) is 1. The van der Waals surface area contributed by atoms with Crippen molar-refractivity contribution < 1.29 is 22.3 Å². The van der Waals surface area contributed by atoms with Gasteiger partial charge in [0.05, 0.1) is 18.0 Å². The van der Waals surface area contributed by atoms with Crippen LogP contribution in [0.2, 0.25) is 5.02 Å². The molecule has 1 aliphatic heterocycles. The Balaban J connectivity index is 2.11. The predicted octanol–water partition coefficient (Wildman–Crippen LogP) is 1.12. The van der Waals surface area contributed by atoms with Crippen molar-refractivity contribution in [3.63, 3.8) is 0 Å². The summed E-state index contributed by atoms with van der Waals surface area (Å²) in [5.74, 6) is -1.29. The van der Waals surface area contributed by atoms with Crippen molar-refractivity contribution in [3.05, 3.63) is 29.0 Å². The molecule has 0 bridgehead atoms. The minimum absolute atomic E-state index is 0.0667. The van der Waals surface area contributed by atoms with Crippen LogP contribution in [0.15, 0.2) is 18.2 Å². The van der Waals surface area contributed by atoms with Crippen molar-refractivity contribution >= 4 is 33.3 Å². The third-order valence-electron chi connectivity index (χ3n) is 3.20. The Hall–Kier alpha value is -1.38. The summed E-state index contributed by atoms with van der Waals surface area (Å²) in [5.41, 5.74) is -0.180. The second kappa shape index (κ2) is 6.17. The molecule has 2 atom stereocenters. The second-order valence-corrected chi connectivity index (χ2v) is 7.01. The maximum atomic E-state index is 13.6. The van der Waals surface area contributed by atoms with E-state index in [9.17, 15) is 17.6 Å². The molecule has 1 aromatic carbocycles. The molecule has 2 unspecified atom stereocenters. The summed E-state index contributed by atoms with van der Waals surface area (Å²) < 4.78 is 44.7. The third-order valence-corrected chi connectivity index (χ3v) is 5.17. The summed E-state index contributed by atoms with van der Waals surface area (Å²) in [6, 6.07) is 2.97. The number of hydrogen-bond donors (Lipinski definition) is 2. The number of carbonyl (C=O) groups excluding carboxylic acids is 1. The normalized spacial score (nSPS) is 22.0. The van der Waals surface area contributed by atoms with Gasteiger partial charge < -0.3 is 10.1 Å². The summed E-state index contributed by atoms with van der Waals surface area (Å²) in [4.78, 5) is 11.4. The topological polar surface area (TPSA) is 84.5 Å². The number of nitrogens with one attached hydrogen (secondary N) is 2. The highest BCUT2D eigenvalue weighted by Crippen LogP contribution is 2.23. The summed E-state index contributed by atoms with van der Waals surface area (Å²) in [6.07, 6.45) is 0.0667. The van der Waals surface area contributed by atoms with Gasteiger partial charge in [0.2, 0.25) is 10.0 Å². The first-order valence-corrected chi connectivity index (χ1v) is 8.04. The van der Waals surface area contributed by atoms with E-state index in [0.717, 1.165) is 6.07 Å². The molecule has 1 saturated heterocycles. The molecule has 116 valence electrons. The fraction of sp³-hybridized carbons (Fsp3) is 0.417. The van der Waals surface area contributed by atoms with Crippen LogP contribution in [-0.2, 0) is 19.6 Å². The van der Waals surface area contributed by atoms with Gasteiger partial charge in [-0.3, -0.25) is 9.52 Å². The van der Waals surface area contributed by atoms with Gasteiger partial charge in [0.1, 0.15) is 11.9 Å². The molecule has 1 heterocycles. The van der Waals surface area contributed by atoms with Crippen molar-refractivity contribution in [2.45, 2.75) is 17.7 Å². The highest BCUT2D eigenvalue weighted by atomic mass is 35.5. The molecule has 2 N–H and O–H groups in total. The number of benzene rings is 1. The second-order valence-electron chi connectivity index (χ2n) is 4.61. The Morgan fingerprint density at radius 3 is 2.86 bits per heavy atom. The minimum atomic E-state index is -3.83. The number of carbonyl (C=O) groups is 1. The SMILES string of the molecule is COC(=O)C1CC(S(=O)(=O)Nc2ccc(Cl)cc2F)CN1. The summed E-state index contributed by atoms with van der Waals surface area (Å²) in [7, 11) is -2.60. The number of halogens is 2. The van der Waals surface area contributed by atoms with E-state index in [1.807, 2.05) is 0 Å².